The highest BCUT2D eigenvalue weighted by Crippen LogP contribution is 2.47. The summed E-state index contributed by atoms with van der Waals surface area (Å²) < 4.78 is 37.4. The van der Waals surface area contributed by atoms with Crippen LogP contribution in [0.3, 0.4) is 0 Å². The number of nitrogens with zero attached hydrogens (tertiary/aromatic N) is 2. The number of anilines is 1. The lowest BCUT2D eigenvalue weighted by Crippen LogP contribution is -2.36. The third-order valence-electron chi connectivity index (χ3n) is 7.30. The Kier molecular flexibility index (Phi) is 8.52. The fourth-order valence-electron chi connectivity index (χ4n) is 5.00. The largest absolute Gasteiger partial charge is 0.748 e. The van der Waals surface area contributed by atoms with E-state index in [4.69, 9.17) is 0 Å². The average molecular weight is 591 g/mol. The Hall–Kier alpha value is -2.91. The molecule has 0 unspecified atom stereocenters. The number of rotatable bonds is 9. The molecule has 208 valence electrons. The summed E-state index contributed by atoms with van der Waals surface area (Å²) in [6, 6.07) is 21.2. The molecule has 4 aromatic rings. The van der Waals surface area contributed by atoms with Gasteiger partial charge in [-0.25, -0.2) is 8.42 Å². The summed E-state index contributed by atoms with van der Waals surface area (Å²) in [5.74, 6) is -0.372. The van der Waals surface area contributed by atoms with Gasteiger partial charge >= 0.3 is 0 Å². The molecule has 0 N–H and O–H groups in total. The minimum Gasteiger partial charge on any atom is -0.748 e. The van der Waals surface area contributed by atoms with Crippen LogP contribution in [-0.4, -0.2) is 25.3 Å². The third-order valence-corrected chi connectivity index (χ3v) is 10.3. The molecule has 0 aliphatic carbocycles. The maximum atomic E-state index is 11.4. The number of hydrogen-bond acceptors (Lipinski definition) is 6. The van der Waals surface area contributed by atoms with Gasteiger partial charge in [0.1, 0.15) is 4.70 Å². The molecule has 2 heterocycles. The molecule has 0 bridgehead atoms. The summed E-state index contributed by atoms with van der Waals surface area (Å²) in [5, 5.41) is 2.26. The Labute approximate surface area is 245 Å². The van der Waals surface area contributed by atoms with Gasteiger partial charge in [-0.05, 0) is 79.3 Å². The van der Waals surface area contributed by atoms with Gasteiger partial charge in [0, 0.05) is 35.8 Å². The van der Waals surface area contributed by atoms with Gasteiger partial charge in [-0.1, -0.05) is 66.4 Å². The maximum absolute atomic E-state index is 11.4. The fourth-order valence-corrected chi connectivity index (χ4v) is 7.91. The van der Waals surface area contributed by atoms with Crippen LogP contribution in [0.1, 0.15) is 42.8 Å². The molecule has 40 heavy (non-hydrogen) atoms. The number of benzene rings is 3. The Morgan fingerprint density at radius 2 is 1.75 bits per heavy atom. The molecule has 0 saturated carbocycles. The van der Waals surface area contributed by atoms with Crippen molar-refractivity contribution in [2.45, 2.75) is 52.0 Å². The number of aromatic nitrogens is 1. The maximum Gasteiger partial charge on any atom is 0.263 e. The predicted octanol–water partition coefficient (Wildman–Crippen LogP) is 7.67. The van der Waals surface area contributed by atoms with Gasteiger partial charge in [-0.15, -0.1) is 0 Å². The first-order valence-electron chi connectivity index (χ1n) is 13.6. The van der Waals surface area contributed by atoms with Crippen molar-refractivity contribution in [2.75, 3.05) is 17.2 Å². The molecule has 0 atom stereocenters. The standard InChI is InChI=1S/C32H34N2O3S3/c1-5-24(19-31-33(6-2)27-17-22(3)23(4)18-30(27)39-31)20-32-34(15-10-16-40(35,36)37)28-21-26(13-14-29(28)38-32)25-11-8-7-9-12-25/h7-9,11-14,17-21H,5-6,10,15-16H2,1-4H3. The minimum atomic E-state index is -4.27. The van der Waals surface area contributed by atoms with Crippen LogP contribution in [-0.2, 0) is 16.7 Å². The van der Waals surface area contributed by atoms with Crippen molar-refractivity contribution < 1.29 is 17.5 Å². The second-order valence-electron chi connectivity index (χ2n) is 10.1. The first-order valence-corrected chi connectivity index (χ1v) is 16.8. The SMILES string of the molecule is CCC(=Cc1sc2ccc(-c3ccccc3)cc2[n+]1CCCS(=O)(=O)[O-])C=C1Sc2cc(C)c(C)cc2N1CC. The molecular weight excluding hydrogens is 557 g/mol. The number of hydrogen-bond donors (Lipinski definition) is 0. The molecule has 5 nitrogen and oxygen atoms in total. The molecule has 8 heteroatoms. The summed E-state index contributed by atoms with van der Waals surface area (Å²) in [5.41, 5.74) is 8.34. The summed E-state index contributed by atoms with van der Waals surface area (Å²) >= 11 is 3.51. The third kappa shape index (κ3) is 6.20. The summed E-state index contributed by atoms with van der Waals surface area (Å²) in [7, 11) is -4.27. The van der Waals surface area contributed by atoms with E-state index in [2.05, 4.69) is 91.8 Å². The van der Waals surface area contributed by atoms with E-state index in [1.54, 1.807) is 11.3 Å². The van der Waals surface area contributed by atoms with Crippen LogP contribution in [0, 0.1) is 13.8 Å². The minimum absolute atomic E-state index is 0.273. The highest BCUT2D eigenvalue weighted by Gasteiger charge is 2.25. The van der Waals surface area contributed by atoms with E-state index in [0.29, 0.717) is 6.54 Å². The first kappa shape index (κ1) is 28.6. The van der Waals surface area contributed by atoms with E-state index in [9.17, 15) is 13.0 Å². The highest BCUT2D eigenvalue weighted by molar-refractivity contribution is 8.03. The molecule has 0 spiro atoms. The Bertz CT molecular complexity index is 1720. The number of thioether (sulfide) groups is 1. The van der Waals surface area contributed by atoms with Crippen LogP contribution < -0.4 is 9.47 Å². The van der Waals surface area contributed by atoms with Crippen LogP contribution >= 0.6 is 23.1 Å². The molecule has 5 rings (SSSR count). The fraction of sp³-hybridized carbons (Fsp3) is 0.281. The van der Waals surface area contributed by atoms with Crippen molar-refractivity contribution in [3.05, 3.63) is 93.5 Å². The molecule has 1 aliphatic rings. The molecular formula is C32H34N2O3S3. The second kappa shape index (κ2) is 11.9. The molecule has 3 aromatic carbocycles. The monoisotopic (exact) mass is 590 g/mol. The lowest BCUT2D eigenvalue weighted by atomic mass is 10.1. The number of fused-ring (bicyclic) bond motifs is 2. The zero-order chi connectivity index (χ0) is 28.4. The number of allylic oxidation sites excluding steroid dienone is 2. The van der Waals surface area contributed by atoms with Crippen LogP contribution in [0.15, 0.2) is 82.2 Å². The van der Waals surface area contributed by atoms with Crippen molar-refractivity contribution in [3.63, 3.8) is 0 Å². The molecule has 0 fully saturated rings. The summed E-state index contributed by atoms with van der Waals surface area (Å²) in [6.07, 6.45) is 5.63. The van der Waals surface area contributed by atoms with Gasteiger partial charge in [0.2, 0.25) is 5.52 Å². The first-order chi connectivity index (χ1) is 19.2. The number of thiazole rings is 1. The highest BCUT2D eigenvalue weighted by atomic mass is 32.2. The Morgan fingerprint density at radius 3 is 2.45 bits per heavy atom. The van der Waals surface area contributed by atoms with E-state index >= 15 is 0 Å². The Morgan fingerprint density at radius 1 is 1.00 bits per heavy atom. The van der Waals surface area contributed by atoms with Gasteiger partial charge in [0.25, 0.3) is 5.01 Å². The van der Waals surface area contributed by atoms with E-state index < -0.39 is 10.1 Å². The van der Waals surface area contributed by atoms with Crippen LogP contribution in [0.2, 0.25) is 0 Å². The van der Waals surface area contributed by atoms with Gasteiger partial charge in [0.15, 0.2) is 6.54 Å². The molecule has 1 aliphatic heterocycles. The van der Waals surface area contributed by atoms with E-state index in [-0.39, 0.29) is 12.2 Å². The molecule has 1 aromatic heterocycles. The zero-order valence-corrected chi connectivity index (χ0v) is 25.8. The quantitative estimate of drug-likeness (QED) is 0.148. The van der Waals surface area contributed by atoms with E-state index in [1.165, 1.54) is 32.3 Å². The summed E-state index contributed by atoms with van der Waals surface area (Å²) in [6.45, 7) is 10.0. The molecule has 0 amide bonds. The average Bonchev–Trinajstić information content (AvgIpc) is 3.44. The van der Waals surface area contributed by atoms with Gasteiger partial charge in [0.05, 0.1) is 20.8 Å². The summed E-state index contributed by atoms with van der Waals surface area (Å²) in [4.78, 5) is 3.66. The number of aryl methyl sites for hydroxylation is 3. The smallest absolute Gasteiger partial charge is 0.263 e. The van der Waals surface area contributed by atoms with E-state index in [0.717, 1.165) is 39.3 Å². The van der Waals surface area contributed by atoms with Crippen molar-refractivity contribution in [1.82, 2.24) is 0 Å². The van der Waals surface area contributed by atoms with Gasteiger partial charge in [-0.3, -0.25) is 0 Å². The van der Waals surface area contributed by atoms with Crippen molar-refractivity contribution >= 4 is 55.2 Å². The van der Waals surface area contributed by atoms with Gasteiger partial charge < -0.3 is 9.45 Å². The van der Waals surface area contributed by atoms with Crippen LogP contribution in [0.5, 0.6) is 0 Å². The van der Waals surface area contributed by atoms with Crippen LogP contribution in [0.25, 0.3) is 27.4 Å². The zero-order valence-electron chi connectivity index (χ0n) is 23.3. The van der Waals surface area contributed by atoms with Crippen molar-refractivity contribution in [2.24, 2.45) is 0 Å². The topological polar surface area (TPSA) is 64.3 Å². The van der Waals surface area contributed by atoms with Gasteiger partial charge in [-0.2, -0.15) is 4.57 Å². The molecule has 0 saturated heterocycles. The Balaban J connectivity index is 1.56. The lowest BCUT2D eigenvalue weighted by Gasteiger charge is -2.19. The lowest BCUT2D eigenvalue weighted by molar-refractivity contribution is -0.668. The normalized spacial score (nSPS) is 14.9. The van der Waals surface area contributed by atoms with Crippen molar-refractivity contribution in [3.8, 4) is 11.1 Å². The van der Waals surface area contributed by atoms with Crippen LogP contribution in [0.4, 0.5) is 5.69 Å². The second-order valence-corrected chi connectivity index (χ2v) is 13.7. The van der Waals surface area contributed by atoms with Crippen molar-refractivity contribution in [1.29, 1.82) is 0 Å². The van der Waals surface area contributed by atoms with E-state index in [1.807, 2.05) is 30.0 Å². The molecule has 0 radical (unpaired) electrons. The predicted molar refractivity (Wildman–Crippen MR) is 168 cm³/mol.